The molecule has 0 saturated carbocycles. The molecule has 1 amide bonds. The summed E-state index contributed by atoms with van der Waals surface area (Å²) in [6.45, 7) is -2.38. The molecule has 2 aromatic rings. The molecule has 1 aromatic carbocycles. The number of fused-ring (bicyclic) bond motifs is 1. The third kappa shape index (κ3) is 3.84. The summed E-state index contributed by atoms with van der Waals surface area (Å²) in [6, 6.07) is 5.72. The fourth-order valence-corrected chi connectivity index (χ4v) is 1.89. The number of nitrogens with one attached hydrogen (secondary N) is 1. The maximum absolute atomic E-state index is 12.1. The highest BCUT2D eigenvalue weighted by Crippen LogP contribution is 2.13. The van der Waals surface area contributed by atoms with E-state index >= 15 is 0 Å². The molecule has 1 heterocycles. The average Bonchev–Trinajstić information content (AvgIpc) is 2.47. The van der Waals surface area contributed by atoms with Crippen LogP contribution in [0.5, 0.6) is 0 Å². The van der Waals surface area contributed by atoms with Gasteiger partial charge in [0.15, 0.2) is 5.69 Å². The summed E-state index contributed by atoms with van der Waals surface area (Å²) >= 11 is 0. The van der Waals surface area contributed by atoms with Crippen LogP contribution in [0.4, 0.5) is 13.2 Å². The zero-order valence-corrected chi connectivity index (χ0v) is 11.4. The summed E-state index contributed by atoms with van der Waals surface area (Å²) in [5.41, 5.74) is -1.24. The van der Waals surface area contributed by atoms with Crippen molar-refractivity contribution >= 4 is 22.6 Å². The van der Waals surface area contributed by atoms with Crippen LogP contribution in [0.25, 0.3) is 10.8 Å². The van der Waals surface area contributed by atoms with Gasteiger partial charge in [-0.2, -0.15) is 18.3 Å². The molecule has 1 aromatic heterocycles. The van der Waals surface area contributed by atoms with Crippen LogP contribution in [0.15, 0.2) is 29.1 Å². The first-order chi connectivity index (χ1) is 10.7. The molecule has 0 aliphatic carbocycles. The number of benzene rings is 1. The fraction of sp³-hybridized carbons (Fsp3) is 0.231. The maximum atomic E-state index is 12.1. The second-order valence-electron chi connectivity index (χ2n) is 4.55. The lowest BCUT2D eigenvalue weighted by atomic mass is 10.1. The number of hydrogen-bond acceptors (Lipinski definition) is 4. The molecular weight excluding hydrogens is 319 g/mol. The highest BCUT2D eigenvalue weighted by Gasteiger charge is 2.28. The summed E-state index contributed by atoms with van der Waals surface area (Å²) in [4.78, 5) is 34.8. The van der Waals surface area contributed by atoms with E-state index in [1.807, 2.05) is 0 Å². The van der Waals surface area contributed by atoms with E-state index < -0.39 is 42.4 Å². The lowest BCUT2D eigenvalue weighted by molar-refractivity contribution is -0.138. The average molecular weight is 329 g/mol. The van der Waals surface area contributed by atoms with E-state index in [9.17, 15) is 27.6 Å². The predicted octanol–water partition coefficient (Wildman–Crippen LogP) is 0.773. The second-order valence-corrected chi connectivity index (χ2v) is 4.55. The van der Waals surface area contributed by atoms with Crippen molar-refractivity contribution in [3.63, 3.8) is 0 Å². The number of carboxylic acid groups (broad SMARTS) is 1. The number of aromatic nitrogens is 2. The largest absolute Gasteiger partial charge is 0.476 e. The van der Waals surface area contributed by atoms with Crippen molar-refractivity contribution in [2.75, 3.05) is 6.54 Å². The fourth-order valence-electron chi connectivity index (χ4n) is 1.89. The SMILES string of the molecule is O=C(Cn1nc(C(=O)O)c2ccccc2c1=O)NCC(F)(F)F. The minimum Gasteiger partial charge on any atom is -0.476 e. The number of hydrogen-bond donors (Lipinski definition) is 2. The number of carboxylic acids is 1. The Morgan fingerprint density at radius 3 is 2.39 bits per heavy atom. The molecule has 122 valence electrons. The van der Waals surface area contributed by atoms with E-state index in [4.69, 9.17) is 5.11 Å². The molecule has 0 atom stereocenters. The predicted molar refractivity (Wildman–Crippen MR) is 72.0 cm³/mol. The van der Waals surface area contributed by atoms with Crippen LogP contribution in [-0.2, 0) is 11.3 Å². The van der Waals surface area contributed by atoms with Gasteiger partial charge in [0.2, 0.25) is 5.91 Å². The Balaban J connectivity index is 2.38. The van der Waals surface area contributed by atoms with E-state index in [-0.39, 0.29) is 10.8 Å². The molecule has 0 aliphatic heterocycles. The van der Waals surface area contributed by atoms with Gasteiger partial charge >= 0.3 is 12.1 Å². The van der Waals surface area contributed by atoms with Crippen LogP contribution in [0, 0.1) is 0 Å². The summed E-state index contributed by atoms with van der Waals surface area (Å²) in [6.07, 6.45) is -4.59. The molecule has 23 heavy (non-hydrogen) atoms. The van der Waals surface area contributed by atoms with Gasteiger partial charge in [-0.25, -0.2) is 9.48 Å². The van der Waals surface area contributed by atoms with Gasteiger partial charge in [0.25, 0.3) is 5.56 Å². The van der Waals surface area contributed by atoms with Gasteiger partial charge in [-0.3, -0.25) is 9.59 Å². The van der Waals surface area contributed by atoms with Crippen LogP contribution in [-0.4, -0.2) is 39.5 Å². The number of nitrogens with zero attached hydrogens (tertiary/aromatic N) is 2. The Kier molecular flexibility index (Phi) is 4.34. The van der Waals surface area contributed by atoms with E-state index in [1.54, 1.807) is 5.32 Å². The van der Waals surface area contributed by atoms with Crippen LogP contribution < -0.4 is 10.9 Å². The second kappa shape index (κ2) is 6.07. The van der Waals surface area contributed by atoms with E-state index in [0.717, 1.165) is 0 Å². The minimum atomic E-state index is -4.59. The first-order valence-electron chi connectivity index (χ1n) is 6.25. The summed E-state index contributed by atoms with van der Waals surface area (Å²) in [5, 5.41) is 14.3. The monoisotopic (exact) mass is 329 g/mol. The Hall–Kier alpha value is -2.91. The number of carbonyl (C=O) groups is 2. The van der Waals surface area contributed by atoms with Crippen molar-refractivity contribution in [1.29, 1.82) is 0 Å². The normalized spacial score (nSPS) is 11.4. The van der Waals surface area contributed by atoms with Crippen molar-refractivity contribution in [3.8, 4) is 0 Å². The molecular formula is C13H10F3N3O4. The van der Waals surface area contributed by atoms with Gasteiger partial charge < -0.3 is 10.4 Å². The molecule has 7 nitrogen and oxygen atoms in total. The molecule has 0 bridgehead atoms. The van der Waals surface area contributed by atoms with Crippen molar-refractivity contribution in [1.82, 2.24) is 15.1 Å². The van der Waals surface area contributed by atoms with Gasteiger partial charge in [0.05, 0.1) is 5.39 Å². The molecule has 0 unspecified atom stereocenters. The molecule has 0 spiro atoms. The lowest BCUT2D eigenvalue weighted by Crippen LogP contribution is -2.39. The molecule has 0 saturated heterocycles. The molecule has 0 radical (unpaired) electrons. The van der Waals surface area contributed by atoms with Crippen molar-refractivity contribution in [3.05, 3.63) is 40.3 Å². The zero-order chi connectivity index (χ0) is 17.2. The lowest BCUT2D eigenvalue weighted by Gasteiger charge is -2.10. The van der Waals surface area contributed by atoms with Crippen molar-refractivity contribution < 1.29 is 27.9 Å². The number of carbonyl (C=O) groups excluding carboxylic acids is 1. The maximum Gasteiger partial charge on any atom is 0.405 e. The number of halogens is 3. The molecule has 0 aliphatic rings. The standard InChI is InChI=1S/C13H10F3N3O4/c14-13(15,16)6-17-9(20)5-19-11(21)8-4-2-1-3-7(8)10(18-19)12(22)23/h1-4H,5-6H2,(H,17,20)(H,22,23). The topological polar surface area (TPSA) is 101 Å². The summed E-state index contributed by atoms with van der Waals surface area (Å²) in [5.74, 6) is -2.53. The zero-order valence-electron chi connectivity index (χ0n) is 11.4. The quantitative estimate of drug-likeness (QED) is 0.863. The van der Waals surface area contributed by atoms with Gasteiger partial charge in [-0.1, -0.05) is 18.2 Å². The van der Waals surface area contributed by atoms with Gasteiger partial charge in [-0.05, 0) is 6.07 Å². The highest BCUT2D eigenvalue weighted by atomic mass is 19.4. The number of aromatic carboxylic acids is 1. The number of amides is 1. The van der Waals surface area contributed by atoms with Gasteiger partial charge in [0.1, 0.15) is 13.1 Å². The Labute approximate surface area is 126 Å². The van der Waals surface area contributed by atoms with E-state index in [1.165, 1.54) is 24.3 Å². The third-order valence-electron chi connectivity index (χ3n) is 2.85. The molecule has 10 heteroatoms. The smallest absolute Gasteiger partial charge is 0.405 e. The molecule has 2 rings (SSSR count). The van der Waals surface area contributed by atoms with Crippen molar-refractivity contribution in [2.45, 2.75) is 12.7 Å². The van der Waals surface area contributed by atoms with Crippen molar-refractivity contribution in [2.24, 2.45) is 0 Å². The van der Waals surface area contributed by atoms with E-state index in [0.29, 0.717) is 4.68 Å². The molecule has 2 N–H and O–H groups in total. The highest BCUT2D eigenvalue weighted by molar-refractivity contribution is 6.01. The van der Waals surface area contributed by atoms with Crippen LogP contribution in [0.3, 0.4) is 0 Å². The Morgan fingerprint density at radius 1 is 1.22 bits per heavy atom. The summed E-state index contributed by atoms with van der Waals surface area (Å²) < 4.78 is 36.6. The summed E-state index contributed by atoms with van der Waals surface area (Å²) in [7, 11) is 0. The van der Waals surface area contributed by atoms with Crippen LogP contribution in [0.2, 0.25) is 0 Å². The Morgan fingerprint density at radius 2 is 1.83 bits per heavy atom. The Bertz CT molecular complexity index is 829. The number of rotatable bonds is 4. The van der Waals surface area contributed by atoms with Crippen LogP contribution >= 0.6 is 0 Å². The first kappa shape index (κ1) is 16.5. The van der Waals surface area contributed by atoms with Gasteiger partial charge in [0, 0.05) is 5.39 Å². The minimum absolute atomic E-state index is 0.00326. The van der Waals surface area contributed by atoms with Crippen LogP contribution in [0.1, 0.15) is 10.5 Å². The van der Waals surface area contributed by atoms with E-state index in [2.05, 4.69) is 5.10 Å². The third-order valence-corrected chi connectivity index (χ3v) is 2.85. The first-order valence-corrected chi connectivity index (χ1v) is 6.25. The van der Waals surface area contributed by atoms with Gasteiger partial charge in [-0.15, -0.1) is 0 Å². The molecule has 0 fully saturated rings. The number of alkyl halides is 3.